The molecule has 0 aromatic rings. The Hall–Kier alpha value is -0.320. The second-order valence-electron chi connectivity index (χ2n) is 2.15. The smallest absolute Gasteiger partial charge is 0.272 e. The van der Waals surface area contributed by atoms with Crippen LogP contribution >= 0.6 is 0 Å². The second-order valence-corrected chi connectivity index (χ2v) is 2.15. The van der Waals surface area contributed by atoms with E-state index in [9.17, 15) is 17.6 Å². The summed E-state index contributed by atoms with van der Waals surface area (Å²) in [5.41, 5.74) is -2.44. The number of halogens is 4. The predicted octanol–water partition coefficient (Wildman–Crippen LogP) is 1.68. The number of rotatable bonds is 2. The van der Waals surface area contributed by atoms with Crippen LogP contribution in [0.5, 0.6) is 0 Å². The first kappa shape index (κ1) is 7.78. The lowest BCUT2D eigenvalue weighted by atomic mass is 9.96. The van der Waals surface area contributed by atoms with E-state index >= 15 is 0 Å². The molecule has 0 aromatic carbocycles. The maximum absolute atomic E-state index is 11.8. The van der Waals surface area contributed by atoms with Crippen LogP contribution in [0, 0.1) is 0 Å². The molecule has 60 valence electrons. The van der Waals surface area contributed by atoms with Crippen molar-refractivity contribution in [1.82, 2.24) is 0 Å². The lowest BCUT2D eigenvalue weighted by molar-refractivity contribution is -0.272. The Morgan fingerprint density at radius 3 is 1.50 bits per heavy atom. The van der Waals surface area contributed by atoms with E-state index in [0.717, 1.165) is 0 Å². The normalized spacial score (nSPS) is 23.4. The lowest BCUT2D eigenvalue weighted by Gasteiger charge is -2.39. The molecule has 0 aliphatic carbocycles. The van der Waals surface area contributed by atoms with Crippen molar-refractivity contribution in [1.29, 1.82) is 0 Å². The molecule has 1 aliphatic rings. The first-order chi connectivity index (χ1) is 4.59. The molecule has 0 spiro atoms. The Balaban J connectivity index is 2.59. The van der Waals surface area contributed by atoms with Gasteiger partial charge >= 0.3 is 0 Å². The molecule has 1 rings (SSSR count). The summed E-state index contributed by atoms with van der Waals surface area (Å²) in [4.78, 5) is 0. The van der Waals surface area contributed by atoms with Crippen molar-refractivity contribution in [3.8, 4) is 0 Å². The van der Waals surface area contributed by atoms with Crippen molar-refractivity contribution >= 4 is 0 Å². The molecule has 0 bridgehead atoms. The molecule has 1 saturated heterocycles. The summed E-state index contributed by atoms with van der Waals surface area (Å²) in [6.45, 7) is 0.00861. The van der Waals surface area contributed by atoms with Crippen molar-refractivity contribution in [3.63, 3.8) is 0 Å². The number of ether oxygens (including phenoxy) is 1. The average molecular weight is 158 g/mol. The molecule has 0 aromatic heterocycles. The Morgan fingerprint density at radius 1 is 1.10 bits per heavy atom. The maximum atomic E-state index is 11.8. The zero-order valence-corrected chi connectivity index (χ0v) is 4.99. The fourth-order valence-corrected chi connectivity index (χ4v) is 0.777. The van der Waals surface area contributed by atoms with Gasteiger partial charge < -0.3 is 4.74 Å². The van der Waals surface area contributed by atoms with E-state index in [0.29, 0.717) is 0 Å². The first-order valence-corrected chi connectivity index (χ1v) is 2.80. The predicted molar refractivity (Wildman–Crippen MR) is 25.3 cm³/mol. The summed E-state index contributed by atoms with van der Waals surface area (Å²) < 4.78 is 51.3. The van der Waals surface area contributed by atoms with Crippen LogP contribution in [-0.2, 0) is 4.74 Å². The zero-order chi connectivity index (χ0) is 7.78. The van der Waals surface area contributed by atoms with Gasteiger partial charge in [-0.15, -0.1) is 0 Å². The van der Waals surface area contributed by atoms with Crippen LogP contribution in [0.2, 0.25) is 0 Å². The van der Waals surface area contributed by atoms with Crippen molar-refractivity contribution in [2.24, 2.45) is 0 Å². The molecule has 5 heteroatoms. The summed E-state index contributed by atoms with van der Waals surface area (Å²) in [7, 11) is 0. The Labute approximate surface area is 55.0 Å². The minimum atomic E-state index is -3.08. The molecule has 1 nitrogen and oxygen atoms in total. The highest BCUT2D eigenvalue weighted by atomic mass is 19.3. The fraction of sp³-hybridized carbons (Fsp3) is 1.00. The van der Waals surface area contributed by atoms with Gasteiger partial charge in [0, 0.05) is 6.42 Å². The van der Waals surface area contributed by atoms with Gasteiger partial charge in [-0.2, -0.15) is 0 Å². The van der Waals surface area contributed by atoms with Gasteiger partial charge in [-0.3, -0.25) is 0 Å². The summed E-state index contributed by atoms with van der Waals surface area (Å²) >= 11 is 0. The molecular formula is C5H6F4O. The third kappa shape index (κ3) is 0.885. The Morgan fingerprint density at radius 2 is 1.50 bits per heavy atom. The third-order valence-corrected chi connectivity index (χ3v) is 1.60. The van der Waals surface area contributed by atoms with E-state index in [1.54, 1.807) is 0 Å². The Kier molecular flexibility index (Phi) is 1.85. The van der Waals surface area contributed by atoms with E-state index in [4.69, 9.17) is 0 Å². The average Bonchev–Trinajstić information content (AvgIpc) is 1.57. The summed E-state index contributed by atoms with van der Waals surface area (Å²) in [6.07, 6.45) is -6.41. The van der Waals surface area contributed by atoms with Gasteiger partial charge in [0.1, 0.15) is 0 Å². The molecular weight excluding hydrogens is 152 g/mol. The van der Waals surface area contributed by atoms with Gasteiger partial charge in [-0.1, -0.05) is 0 Å². The molecule has 1 heterocycles. The van der Waals surface area contributed by atoms with Gasteiger partial charge in [0.25, 0.3) is 12.9 Å². The fourth-order valence-electron chi connectivity index (χ4n) is 0.777. The first-order valence-electron chi connectivity index (χ1n) is 2.80. The van der Waals surface area contributed by atoms with Crippen LogP contribution in [-0.4, -0.2) is 25.1 Å². The van der Waals surface area contributed by atoms with Crippen molar-refractivity contribution in [3.05, 3.63) is 0 Å². The molecule has 10 heavy (non-hydrogen) atoms. The van der Waals surface area contributed by atoms with Crippen molar-refractivity contribution in [2.45, 2.75) is 24.9 Å². The lowest BCUT2D eigenvalue weighted by Crippen LogP contribution is -2.55. The van der Waals surface area contributed by atoms with Crippen LogP contribution in [0.15, 0.2) is 0 Å². The van der Waals surface area contributed by atoms with Gasteiger partial charge in [0.2, 0.25) is 0 Å². The number of hydrogen-bond donors (Lipinski definition) is 0. The van der Waals surface area contributed by atoms with Gasteiger partial charge in [-0.05, 0) is 0 Å². The van der Waals surface area contributed by atoms with Gasteiger partial charge in [0.05, 0.1) is 6.61 Å². The highest BCUT2D eigenvalue weighted by molar-refractivity contribution is 4.92. The summed E-state index contributed by atoms with van der Waals surface area (Å²) in [5, 5.41) is 0. The molecule has 0 amide bonds. The molecule has 0 atom stereocenters. The van der Waals surface area contributed by atoms with E-state index in [1.807, 2.05) is 0 Å². The maximum Gasteiger partial charge on any atom is 0.272 e. The van der Waals surface area contributed by atoms with Crippen LogP contribution in [0.4, 0.5) is 17.6 Å². The summed E-state index contributed by atoms with van der Waals surface area (Å²) in [5.74, 6) is 0. The highest BCUT2D eigenvalue weighted by Gasteiger charge is 2.55. The monoisotopic (exact) mass is 158 g/mol. The van der Waals surface area contributed by atoms with Crippen molar-refractivity contribution < 1.29 is 22.3 Å². The second kappa shape index (κ2) is 2.38. The highest BCUT2D eigenvalue weighted by Crippen LogP contribution is 2.38. The minimum Gasteiger partial charge on any atom is -0.363 e. The number of hydrogen-bond acceptors (Lipinski definition) is 1. The topological polar surface area (TPSA) is 9.23 Å². The van der Waals surface area contributed by atoms with Crippen LogP contribution in [0.3, 0.4) is 0 Å². The van der Waals surface area contributed by atoms with E-state index in [1.165, 1.54) is 0 Å². The third-order valence-electron chi connectivity index (χ3n) is 1.60. The van der Waals surface area contributed by atoms with E-state index in [2.05, 4.69) is 4.74 Å². The van der Waals surface area contributed by atoms with E-state index < -0.39 is 18.5 Å². The SMILES string of the molecule is FC(F)C1(C(F)F)CCO1. The molecule has 1 aliphatic heterocycles. The van der Waals surface area contributed by atoms with Crippen LogP contribution < -0.4 is 0 Å². The quantitative estimate of drug-likeness (QED) is 0.555. The van der Waals surface area contributed by atoms with Gasteiger partial charge in [0.15, 0.2) is 5.60 Å². The largest absolute Gasteiger partial charge is 0.363 e. The van der Waals surface area contributed by atoms with Crippen LogP contribution in [0.25, 0.3) is 0 Å². The minimum absolute atomic E-state index is 0.00861. The van der Waals surface area contributed by atoms with Crippen molar-refractivity contribution in [2.75, 3.05) is 6.61 Å². The molecule has 0 unspecified atom stereocenters. The number of alkyl halides is 4. The van der Waals surface area contributed by atoms with Gasteiger partial charge in [-0.25, -0.2) is 17.6 Å². The van der Waals surface area contributed by atoms with E-state index in [-0.39, 0.29) is 13.0 Å². The summed E-state index contributed by atoms with van der Waals surface area (Å²) in [6, 6.07) is 0. The Bertz CT molecular complexity index is 111. The molecule has 0 N–H and O–H groups in total. The van der Waals surface area contributed by atoms with Crippen LogP contribution in [0.1, 0.15) is 6.42 Å². The zero-order valence-electron chi connectivity index (χ0n) is 4.99. The molecule has 0 saturated carbocycles. The standard InChI is InChI=1S/C5H6F4O/c6-3(7)5(4(8)9)1-2-10-5/h3-4H,1-2H2. The molecule has 1 fully saturated rings. The molecule has 0 radical (unpaired) electrons.